The fraction of sp³-hybridized carbons (Fsp3) is 0.639. The quantitative estimate of drug-likeness (QED) is 0.0907. The van der Waals surface area contributed by atoms with Crippen LogP contribution in [0.4, 0.5) is 0 Å². The van der Waals surface area contributed by atoms with Gasteiger partial charge in [-0.05, 0) is 73.7 Å². The van der Waals surface area contributed by atoms with Crippen molar-refractivity contribution in [1.29, 1.82) is 0 Å². The van der Waals surface area contributed by atoms with Crippen molar-refractivity contribution in [2.75, 3.05) is 19.8 Å². The van der Waals surface area contributed by atoms with Gasteiger partial charge in [-0.15, -0.1) is 0 Å². The monoisotopic (exact) mass is 566 g/mol. The molecule has 0 bridgehead atoms. The summed E-state index contributed by atoms with van der Waals surface area (Å²) in [7, 11) is 0. The van der Waals surface area contributed by atoms with Crippen LogP contribution in [0.2, 0.25) is 0 Å². The van der Waals surface area contributed by atoms with Gasteiger partial charge in [0.2, 0.25) is 0 Å². The lowest BCUT2D eigenvalue weighted by Crippen LogP contribution is -2.38. The Morgan fingerprint density at radius 3 is 2.05 bits per heavy atom. The van der Waals surface area contributed by atoms with Crippen LogP contribution in [0.1, 0.15) is 133 Å². The molecule has 1 heterocycles. The smallest absolute Gasteiger partial charge is 0.343 e. The summed E-state index contributed by atoms with van der Waals surface area (Å²) in [6.45, 7) is 8.92. The summed E-state index contributed by atoms with van der Waals surface area (Å²) in [5.41, 5.74) is 1.49. The highest BCUT2D eigenvalue weighted by atomic mass is 16.7. The molecule has 1 saturated heterocycles. The molecule has 1 aliphatic heterocycles. The molecule has 0 aliphatic carbocycles. The van der Waals surface area contributed by atoms with Gasteiger partial charge in [-0.3, -0.25) is 0 Å². The first-order valence-electron chi connectivity index (χ1n) is 16.4. The molecule has 5 nitrogen and oxygen atoms in total. The number of benzene rings is 2. The topological polar surface area (TPSA) is 54.0 Å². The third-order valence-electron chi connectivity index (χ3n) is 8.22. The molecule has 0 aromatic heterocycles. The molecule has 41 heavy (non-hydrogen) atoms. The molecule has 1 unspecified atom stereocenters. The highest BCUT2D eigenvalue weighted by molar-refractivity contribution is 5.91. The van der Waals surface area contributed by atoms with Gasteiger partial charge in [-0.25, -0.2) is 4.79 Å². The van der Waals surface area contributed by atoms with E-state index in [0.29, 0.717) is 31.1 Å². The number of carbonyl (C=O) groups is 1. The second-order valence-electron chi connectivity index (χ2n) is 11.7. The van der Waals surface area contributed by atoms with Gasteiger partial charge in [-0.2, -0.15) is 0 Å². The van der Waals surface area contributed by atoms with E-state index < -0.39 is 5.79 Å². The number of rotatable bonds is 20. The van der Waals surface area contributed by atoms with Gasteiger partial charge in [0, 0.05) is 12.0 Å². The zero-order valence-electron chi connectivity index (χ0n) is 26.0. The van der Waals surface area contributed by atoms with E-state index in [1.165, 1.54) is 70.6 Å². The Morgan fingerprint density at radius 1 is 0.780 bits per heavy atom. The van der Waals surface area contributed by atoms with Crippen LogP contribution in [0.25, 0.3) is 0 Å². The largest absolute Gasteiger partial charge is 0.494 e. The van der Waals surface area contributed by atoms with Crippen LogP contribution in [0, 0.1) is 5.92 Å². The van der Waals surface area contributed by atoms with Crippen molar-refractivity contribution in [3.05, 3.63) is 59.7 Å². The predicted octanol–water partition coefficient (Wildman–Crippen LogP) is 10.0. The van der Waals surface area contributed by atoms with Crippen LogP contribution in [0.5, 0.6) is 11.5 Å². The Balaban J connectivity index is 1.44. The van der Waals surface area contributed by atoms with E-state index in [9.17, 15) is 4.79 Å². The Morgan fingerprint density at radius 2 is 1.39 bits per heavy atom. The standard InChI is InChI=1S/C36H54O5/c1-4-6-7-8-9-10-11-14-26-36(39-28-16-29-40-36)32-20-24-34(25-21-32)41-35(37)31-18-22-33(23-19-31)38-27-15-12-13-17-30(3)5-2/h18-25,30H,4-17,26-29H2,1-3H3. The van der Waals surface area contributed by atoms with Crippen molar-refractivity contribution in [2.24, 2.45) is 5.92 Å². The van der Waals surface area contributed by atoms with Crippen LogP contribution in [-0.4, -0.2) is 25.8 Å². The van der Waals surface area contributed by atoms with Crippen LogP contribution in [-0.2, 0) is 15.3 Å². The molecule has 0 amide bonds. The zero-order chi connectivity index (χ0) is 29.2. The van der Waals surface area contributed by atoms with E-state index in [2.05, 4.69) is 20.8 Å². The third kappa shape index (κ3) is 11.8. The number of hydrogen-bond acceptors (Lipinski definition) is 5. The lowest BCUT2D eigenvalue weighted by Gasteiger charge is -2.38. The van der Waals surface area contributed by atoms with Crippen molar-refractivity contribution in [3.8, 4) is 11.5 Å². The Hall–Kier alpha value is -2.37. The molecule has 0 radical (unpaired) electrons. The first kappa shape index (κ1) is 33.1. The molecule has 1 aliphatic rings. The minimum absolute atomic E-state index is 0.381. The summed E-state index contributed by atoms with van der Waals surface area (Å²) in [6.07, 6.45) is 17.9. The maximum Gasteiger partial charge on any atom is 0.343 e. The summed E-state index contributed by atoms with van der Waals surface area (Å²) in [6, 6.07) is 14.8. The van der Waals surface area contributed by atoms with Crippen molar-refractivity contribution >= 4 is 5.97 Å². The van der Waals surface area contributed by atoms with Crippen molar-refractivity contribution < 1.29 is 23.7 Å². The van der Waals surface area contributed by atoms with Crippen LogP contribution in [0.3, 0.4) is 0 Å². The van der Waals surface area contributed by atoms with Gasteiger partial charge in [0.25, 0.3) is 0 Å². The predicted molar refractivity (Wildman–Crippen MR) is 167 cm³/mol. The molecule has 0 spiro atoms. The van der Waals surface area contributed by atoms with E-state index in [1.54, 1.807) is 12.1 Å². The Bertz CT molecular complexity index is 962. The summed E-state index contributed by atoms with van der Waals surface area (Å²) >= 11 is 0. The highest BCUT2D eigenvalue weighted by Crippen LogP contribution is 2.37. The van der Waals surface area contributed by atoms with Gasteiger partial charge in [0.05, 0.1) is 25.4 Å². The Kier molecular flexibility index (Phi) is 15.3. The minimum atomic E-state index is -0.702. The molecule has 0 N–H and O–H groups in total. The average Bonchev–Trinajstić information content (AvgIpc) is 3.01. The SMILES string of the molecule is CCCCCCCCCCC1(c2ccc(OC(=O)c3ccc(OCCCCCC(C)CC)cc3)cc2)OCCCO1. The highest BCUT2D eigenvalue weighted by Gasteiger charge is 2.36. The van der Waals surface area contributed by atoms with E-state index in [4.69, 9.17) is 18.9 Å². The first-order valence-corrected chi connectivity index (χ1v) is 16.4. The van der Waals surface area contributed by atoms with Crippen molar-refractivity contribution in [1.82, 2.24) is 0 Å². The number of unbranched alkanes of at least 4 members (excludes halogenated alkanes) is 9. The van der Waals surface area contributed by atoms with E-state index in [1.807, 2.05) is 36.4 Å². The van der Waals surface area contributed by atoms with Gasteiger partial charge in [0.1, 0.15) is 11.5 Å². The van der Waals surface area contributed by atoms with E-state index in [-0.39, 0.29) is 5.97 Å². The second-order valence-corrected chi connectivity index (χ2v) is 11.7. The van der Waals surface area contributed by atoms with Crippen molar-refractivity contribution in [3.63, 3.8) is 0 Å². The molecule has 0 saturated carbocycles. The number of esters is 1. The van der Waals surface area contributed by atoms with Crippen LogP contribution in [0.15, 0.2) is 48.5 Å². The maximum atomic E-state index is 12.8. The fourth-order valence-corrected chi connectivity index (χ4v) is 5.32. The van der Waals surface area contributed by atoms with Gasteiger partial charge in [-0.1, -0.05) is 91.4 Å². The molecular formula is C36H54O5. The molecule has 3 rings (SSSR count). The molecular weight excluding hydrogens is 512 g/mol. The van der Waals surface area contributed by atoms with Gasteiger partial charge in [0.15, 0.2) is 5.79 Å². The molecule has 1 fully saturated rings. The summed E-state index contributed by atoms with van der Waals surface area (Å²) < 4.78 is 24.0. The zero-order valence-corrected chi connectivity index (χ0v) is 26.0. The summed E-state index contributed by atoms with van der Waals surface area (Å²) in [5, 5.41) is 0. The van der Waals surface area contributed by atoms with Crippen LogP contribution >= 0.6 is 0 Å². The van der Waals surface area contributed by atoms with Gasteiger partial charge < -0.3 is 18.9 Å². The van der Waals surface area contributed by atoms with Crippen LogP contribution < -0.4 is 9.47 Å². The fourth-order valence-electron chi connectivity index (χ4n) is 5.32. The Labute approximate surface area is 249 Å². The number of carbonyl (C=O) groups excluding carboxylic acids is 1. The molecule has 2 aromatic rings. The van der Waals surface area contributed by atoms with Gasteiger partial charge >= 0.3 is 5.97 Å². The second kappa shape index (κ2) is 18.9. The third-order valence-corrected chi connectivity index (χ3v) is 8.22. The van der Waals surface area contributed by atoms with E-state index >= 15 is 0 Å². The average molecular weight is 567 g/mol. The lowest BCUT2D eigenvalue weighted by atomic mass is 9.97. The molecule has 5 heteroatoms. The normalized spacial score (nSPS) is 15.4. The molecule has 228 valence electrons. The van der Waals surface area contributed by atoms with Crippen molar-refractivity contribution in [2.45, 2.75) is 123 Å². The summed E-state index contributed by atoms with van der Waals surface area (Å²) in [4.78, 5) is 12.8. The lowest BCUT2D eigenvalue weighted by molar-refractivity contribution is -0.280. The first-order chi connectivity index (χ1) is 20.1. The molecule has 2 aromatic carbocycles. The minimum Gasteiger partial charge on any atom is -0.494 e. The van der Waals surface area contributed by atoms with E-state index in [0.717, 1.165) is 42.9 Å². The number of ether oxygens (including phenoxy) is 4. The maximum absolute atomic E-state index is 12.8. The summed E-state index contributed by atoms with van der Waals surface area (Å²) in [5.74, 6) is 1.01. The number of hydrogen-bond donors (Lipinski definition) is 0. The molecule has 1 atom stereocenters.